The zero-order valence-electron chi connectivity index (χ0n) is 8.78. The third-order valence-electron chi connectivity index (χ3n) is 1.97. The first-order valence-electron chi connectivity index (χ1n) is 4.67. The highest BCUT2D eigenvalue weighted by molar-refractivity contribution is 9.11. The van der Waals surface area contributed by atoms with Crippen LogP contribution >= 0.6 is 31.9 Å². The molecule has 0 aromatic heterocycles. The Morgan fingerprint density at radius 1 is 1.29 bits per heavy atom. The highest BCUT2D eigenvalue weighted by atomic mass is 79.9. The number of primary sulfonamides is 1. The summed E-state index contributed by atoms with van der Waals surface area (Å²) in [5, 5.41) is 17.3. The molecule has 5 nitrogen and oxygen atoms in total. The number of aromatic hydroxyl groups is 1. The van der Waals surface area contributed by atoms with Crippen LogP contribution in [0.1, 0.15) is 5.56 Å². The van der Waals surface area contributed by atoms with E-state index in [2.05, 4.69) is 37.2 Å². The van der Waals surface area contributed by atoms with Crippen LogP contribution in [0.15, 0.2) is 21.1 Å². The van der Waals surface area contributed by atoms with Crippen LogP contribution in [-0.2, 0) is 16.6 Å². The minimum absolute atomic E-state index is 0.104. The number of hydrogen-bond acceptors (Lipinski definition) is 4. The molecule has 0 aliphatic rings. The van der Waals surface area contributed by atoms with Crippen molar-refractivity contribution in [3.05, 3.63) is 26.6 Å². The topological polar surface area (TPSA) is 92.4 Å². The molecule has 0 unspecified atom stereocenters. The smallest absolute Gasteiger partial charge is 0.210 e. The summed E-state index contributed by atoms with van der Waals surface area (Å²) in [7, 11) is -3.42. The number of rotatable bonds is 5. The first-order valence-corrected chi connectivity index (χ1v) is 7.98. The van der Waals surface area contributed by atoms with E-state index in [0.29, 0.717) is 15.5 Å². The number of nitrogens with one attached hydrogen (secondary N) is 1. The highest BCUT2D eigenvalue weighted by Gasteiger charge is 2.06. The molecule has 0 aliphatic heterocycles. The predicted octanol–water partition coefficient (Wildman–Crippen LogP) is 1.30. The molecular formula is C9H12Br2N2O3S. The molecule has 0 saturated carbocycles. The third kappa shape index (κ3) is 5.35. The van der Waals surface area contributed by atoms with E-state index in [9.17, 15) is 13.5 Å². The Kier molecular flexibility index (Phi) is 5.39. The van der Waals surface area contributed by atoms with E-state index >= 15 is 0 Å². The lowest BCUT2D eigenvalue weighted by atomic mass is 10.2. The van der Waals surface area contributed by atoms with Crippen LogP contribution in [0.3, 0.4) is 0 Å². The molecule has 0 amide bonds. The second-order valence-electron chi connectivity index (χ2n) is 3.45. The van der Waals surface area contributed by atoms with Crippen molar-refractivity contribution in [2.45, 2.75) is 6.54 Å². The fourth-order valence-corrected chi connectivity index (χ4v) is 2.88. The van der Waals surface area contributed by atoms with E-state index in [1.807, 2.05) is 0 Å². The van der Waals surface area contributed by atoms with Crippen molar-refractivity contribution in [1.82, 2.24) is 5.32 Å². The maximum atomic E-state index is 10.7. The minimum atomic E-state index is -3.42. The van der Waals surface area contributed by atoms with Gasteiger partial charge in [-0.25, -0.2) is 13.6 Å². The molecule has 0 fully saturated rings. The van der Waals surface area contributed by atoms with E-state index in [1.54, 1.807) is 12.1 Å². The Morgan fingerprint density at radius 2 is 1.82 bits per heavy atom. The van der Waals surface area contributed by atoms with Crippen LogP contribution in [0.5, 0.6) is 5.75 Å². The Bertz CT molecular complexity index is 482. The van der Waals surface area contributed by atoms with Gasteiger partial charge in [0.2, 0.25) is 10.0 Å². The van der Waals surface area contributed by atoms with Crippen molar-refractivity contribution in [2.75, 3.05) is 12.3 Å². The van der Waals surface area contributed by atoms with Gasteiger partial charge in [-0.15, -0.1) is 0 Å². The van der Waals surface area contributed by atoms with Gasteiger partial charge in [-0.2, -0.15) is 0 Å². The van der Waals surface area contributed by atoms with Gasteiger partial charge in [0.05, 0.1) is 14.7 Å². The van der Waals surface area contributed by atoms with Gasteiger partial charge in [0, 0.05) is 13.1 Å². The average molecular weight is 388 g/mol. The Labute approximate surface area is 117 Å². The van der Waals surface area contributed by atoms with Gasteiger partial charge < -0.3 is 10.4 Å². The van der Waals surface area contributed by atoms with Gasteiger partial charge in [-0.05, 0) is 49.6 Å². The fraction of sp³-hybridized carbons (Fsp3) is 0.333. The molecule has 1 aromatic carbocycles. The minimum Gasteiger partial charge on any atom is -0.506 e. The number of benzene rings is 1. The number of nitrogens with two attached hydrogens (primary N) is 1. The lowest BCUT2D eigenvalue weighted by Gasteiger charge is -2.07. The molecule has 1 aromatic rings. The quantitative estimate of drug-likeness (QED) is 0.664. The molecule has 1 rings (SSSR count). The van der Waals surface area contributed by atoms with Crippen LogP contribution in [-0.4, -0.2) is 25.8 Å². The summed E-state index contributed by atoms with van der Waals surface area (Å²) in [6.07, 6.45) is 0. The van der Waals surface area contributed by atoms with E-state index in [0.717, 1.165) is 5.56 Å². The van der Waals surface area contributed by atoms with Gasteiger partial charge >= 0.3 is 0 Å². The molecule has 96 valence electrons. The summed E-state index contributed by atoms with van der Waals surface area (Å²) in [5.74, 6) is 0.0336. The van der Waals surface area contributed by atoms with E-state index < -0.39 is 10.0 Å². The van der Waals surface area contributed by atoms with Crippen molar-refractivity contribution in [3.63, 3.8) is 0 Å². The zero-order chi connectivity index (χ0) is 13.1. The number of halogens is 2. The molecule has 0 bridgehead atoms. The maximum absolute atomic E-state index is 10.7. The normalized spacial score (nSPS) is 11.7. The zero-order valence-corrected chi connectivity index (χ0v) is 12.8. The third-order valence-corrected chi connectivity index (χ3v) is 3.95. The lowest BCUT2D eigenvalue weighted by molar-refractivity contribution is 0.468. The van der Waals surface area contributed by atoms with Crippen molar-refractivity contribution >= 4 is 41.9 Å². The Balaban J connectivity index is 2.53. The number of phenolic OH excluding ortho intramolecular Hbond substituents is 1. The number of sulfonamides is 1. The van der Waals surface area contributed by atoms with Gasteiger partial charge in [0.25, 0.3) is 0 Å². The monoisotopic (exact) mass is 386 g/mol. The summed E-state index contributed by atoms with van der Waals surface area (Å²) >= 11 is 6.43. The van der Waals surface area contributed by atoms with Crippen LogP contribution < -0.4 is 10.5 Å². The fourth-order valence-electron chi connectivity index (χ4n) is 1.17. The summed E-state index contributed by atoms with van der Waals surface area (Å²) in [6, 6.07) is 3.51. The second kappa shape index (κ2) is 6.14. The Morgan fingerprint density at radius 3 is 2.29 bits per heavy atom. The van der Waals surface area contributed by atoms with Crippen molar-refractivity contribution in [1.29, 1.82) is 0 Å². The summed E-state index contributed by atoms with van der Waals surface area (Å²) in [4.78, 5) is 0. The number of hydrogen-bond donors (Lipinski definition) is 3. The molecule has 17 heavy (non-hydrogen) atoms. The van der Waals surface area contributed by atoms with Crippen molar-refractivity contribution in [2.24, 2.45) is 5.14 Å². The highest BCUT2D eigenvalue weighted by Crippen LogP contribution is 2.33. The SMILES string of the molecule is NS(=O)(=O)CCNCc1cc(Br)c(O)c(Br)c1. The molecule has 0 heterocycles. The van der Waals surface area contributed by atoms with E-state index in [-0.39, 0.29) is 18.0 Å². The first-order chi connectivity index (χ1) is 7.79. The van der Waals surface area contributed by atoms with Crippen LogP contribution in [0, 0.1) is 0 Å². The van der Waals surface area contributed by atoms with Crippen molar-refractivity contribution in [3.8, 4) is 5.75 Å². The first kappa shape index (κ1) is 14.9. The van der Waals surface area contributed by atoms with Crippen LogP contribution in [0.4, 0.5) is 0 Å². The van der Waals surface area contributed by atoms with Crippen LogP contribution in [0.25, 0.3) is 0 Å². The standard InChI is InChI=1S/C9H12Br2N2O3S/c10-7-3-6(4-8(11)9(7)14)5-13-1-2-17(12,15)16/h3-4,13-14H,1-2,5H2,(H2,12,15,16). The predicted molar refractivity (Wildman–Crippen MR) is 73.2 cm³/mol. The average Bonchev–Trinajstić information content (AvgIpc) is 2.19. The largest absolute Gasteiger partial charge is 0.506 e. The summed E-state index contributed by atoms with van der Waals surface area (Å²) in [6.45, 7) is 0.780. The van der Waals surface area contributed by atoms with Gasteiger partial charge in [0.15, 0.2) is 0 Å². The molecule has 0 atom stereocenters. The Hall–Kier alpha value is -0.150. The molecule has 8 heteroatoms. The van der Waals surface area contributed by atoms with Gasteiger partial charge in [0.1, 0.15) is 5.75 Å². The van der Waals surface area contributed by atoms with E-state index in [1.165, 1.54) is 0 Å². The van der Waals surface area contributed by atoms with Crippen molar-refractivity contribution < 1.29 is 13.5 Å². The summed E-state index contributed by atoms with van der Waals surface area (Å²) in [5.41, 5.74) is 0.913. The summed E-state index contributed by atoms with van der Waals surface area (Å²) < 4.78 is 22.5. The molecule has 0 aliphatic carbocycles. The molecule has 0 spiro atoms. The van der Waals surface area contributed by atoms with Crippen LogP contribution in [0.2, 0.25) is 0 Å². The molecule has 0 radical (unpaired) electrons. The maximum Gasteiger partial charge on any atom is 0.210 e. The molecule has 4 N–H and O–H groups in total. The molecular weight excluding hydrogens is 376 g/mol. The second-order valence-corrected chi connectivity index (χ2v) is 6.89. The number of phenols is 1. The van der Waals surface area contributed by atoms with Gasteiger partial charge in [-0.1, -0.05) is 0 Å². The lowest BCUT2D eigenvalue weighted by Crippen LogP contribution is -2.26. The molecule has 0 saturated heterocycles. The van der Waals surface area contributed by atoms with Gasteiger partial charge in [-0.3, -0.25) is 0 Å². The van der Waals surface area contributed by atoms with E-state index in [4.69, 9.17) is 5.14 Å².